The lowest BCUT2D eigenvalue weighted by Crippen LogP contribution is -1.81. The average molecular weight is 176 g/mol. The Morgan fingerprint density at radius 2 is 2.00 bits per heavy atom. The molecule has 1 aromatic carbocycles. The van der Waals surface area contributed by atoms with Gasteiger partial charge >= 0.3 is 0 Å². The van der Waals surface area contributed by atoms with Gasteiger partial charge in [-0.2, -0.15) is 0 Å². The summed E-state index contributed by atoms with van der Waals surface area (Å²) in [6.07, 6.45) is 0. The summed E-state index contributed by atoms with van der Waals surface area (Å²) in [5.74, 6) is 0. The fraction of sp³-hybridized carbons (Fsp3) is 0.143. The summed E-state index contributed by atoms with van der Waals surface area (Å²) in [7, 11) is 0. The smallest absolute Gasteiger partial charge is 0.109 e. The van der Waals surface area contributed by atoms with Crippen molar-refractivity contribution in [2.75, 3.05) is 0 Å². The predicted octanol–water partition coefficient (Wildman–Crippen LogP) is 2.92. The minimum Gasteiger partial charge on any atom is -0.232 e. The molecule has 1 radical (unpaired) electrons. The van der Waals surface area contributed by atoms with Crippen molar-refractivity contribution in [2.24, 2.45) is 0 Å². The molecule has 0 atom stereocenters. The molecule has 1 rings (SSSR count). The maximum absolute atomic E-state index is 10.3. The van der Waals surface area contributed by atoms with Crippen molar-refractivity contribution in [3.8, 4) is 0 Å². The molecular weight excluding hydrogens is 171 g/mol. The molecule has 0 N–H and O–H groups in total. The summed E-state index contributed by atoms with van der Waals surface area (Å²) in [4.78, 5) is 0. The summed E-state index contributed by atoms with van der Waals surface area (Å²) in [5, 5.41) is 11.3. The largest absolute Gasteiger partial charge is 0.232 e. The predicted molar refractivity (Wildman–Crippen MR) is 40.9 cm³/mol. The molecule has 0 fully saturated rings. The molecule has 0 bridgehead atoms. The molecule has 3 heteroatoms. The van der Waals surface area contributed by atoms with E-state index in [1.807, 2.05) is 0 Å². The molecule has 0 aliphatic heterocycles. The lowest BCUT2D eigenvalue weighted by Gasteiger charge is -1.97. The molecular formula is C7H5Cl2O. The fourth-order valence-electron chi connectivity index (χ4n) is 0.639. The molecule has 1 aromatic rings. The topological polar surface area (TPSA) is 19.9 Å². The Labute approximate surface area is 69.2 Å². The van der Waals surface area contributed by atoms with E-state index in [4.69, 9.17) is 23.2 Å². The van der Waals surface area contributed by atoms with Crippen LogP contribution < -0.4 is 0 Å². The second-order valence-corrected chi connectivity index (χ2v) is 2.72. The zero-order valence-corrected chi connectivity index (χ0v) is 6.62. The zero-order chi connectivity index (χ0) is 7.56. The number of benzene rings is 1. The first-order valence-electron chi connectivity index (χ1n) is 2.76. The standard InChI is InChI=1S/C7H5Cl2O/c8-6-2-1-5(4-10)7(9)3-6/h1-3H,4H2. The van der Waals surface area contributed by atoms with Crippen LogP contribution in [0.2, 0.25) is 10.0 Å². The van der Waals surface area contributed by atoms with Gasteiger partial charge in [-0.05, 0) is 17.7 Å². The highest BCUT2D eigenvalue weighted by molar-refractivity contribution is 6.35. The molecule has 0 amide bonds. The second kappa shape index (κ2) is 3.24. The van der Waals surface area contributed by atoms with E-state index in [1.165, 1.54) is 0 Å². The highest BCUT2D eigenvalue weighted by Crippen LogP contribution is 2.20. The Balaban J connectivity index is 3.07. The Hall–Kier alpha value is -0.240. The molecule has 0 spiro atoms. The van der Waals surface area contributed by atoms with Crippen LogP contribution in [0.25, 0.3) is 0 Å². The first kappa shape index (κ1) is 7.86. The van der Waals surface area contributed by atoms with Gasteiger partial charge in [0, 0.05) is 10.0 Å². The van der Waals surface area contributed by atoms with E-state index in [9.17, 15) is 5.11 Å². The van der Waals surface area contributed by atoms with Crippen molar-refractivity contribution in [2.45, 2.75) is 6.61 Å². The van der Waals surface area contributed by atoms with Crippen LogP contribution in [0.15, 0.2) is 18.2 Å². The van der Waals surface area contributed by atoms with Crippen molar-refractivity contribution in [3.63, 3.8) is 0 Å². The van der Waals surface area contributed by atoms with Crippen LogP contribution in [-0.2, 0) is 11.7 Å². The highest BCUT2D eigenvalue weighted by atomic mass is 35.5. The van der Waals surface area contributed by atoms with Crippen LogP contribution in [0, 0.1) is 0 Å². The molecule has 0 heterocycles. The Morgan fingerprint density at radius 1 is 1.30 bits per heavy atom. The molecule has 0 saturated carbocycles. The van der Waals surface area contributed by atoms with E-state index in [-0.39, 0.29) is 6.61 Å². The van der Waals surface area contributed by atoms with Gasteiger partial charge in [-0.15, -0.1) is 0 Å². The van der Waals surface area contributed by atoms with Gasteiger partial charge in [0.15, 0.2) is 0 Å². The minimum absolute atomic E-state index is 0.296. The minimum atomic E-state index is -0.296. The summed E-state index contributed by atoms with van der Waals surface area (Å²) in [5.41, 5.74) is 0.589. The van der Waals surface area contributed by atoms with Gasteiger partial charge in [0.1, 0.15) is 6.61 Å². The summed E-state index contributed by atoms with van der Waals surface area (Å²) in [6, 6.07) is 4.86. The van der Waals surface area contributed by atoms with Crippen molar-refractivity contribution in [1.82, 2.24) is 0 Å². The molecule has 0 saturated heterocycles. The van der Waals surface area contributed by atoms with E-state index in [1.54, 1.807) is 18.2 Å². The van der Waals surface area contributed by atoms with Gasteiger partial charge in [-0.1, -0.05) is 29.3 Å². The van der Waals surface area contributed by atoms with Crippen LogP contribution in [0.5, 0.6) is 0 Å². The zero-order valence-electron chi connectivity index (χ0n) is 5.10. The normalized spacial score (nSPS) is 9.90. The molecule has 10 heavy (non-hydrogen) atoms. The maximum atomic E-state index is 10.3. The number of rotatable bonds is 1. The number of hydrogen-bond donors (Lipinski definition) is 0. The quantitative estimate of drug-likeness (QED) is 0.626. The molecule has 0 unspecified atom stereocenters. The summed E-state index contributed by atoms with van der Waals surface area (Å²) >= 11 is 11.2. The molecule has 0 aliphatic rings. The number of halogens is 2. The lowest BCUT2D eigenvalue weighted by molar-refractivity contribution is 0.177. The lowest BCUT2D eigenvalue weighted by atomic mass is 10.2. The van der Waals surface area contributed by atoms with E-state index in [2.05, 4.69) is 0 Å². The van der Waals surface area contributed by atoms with Gasteiger partial charge in [0.25, 0.3) is 0 Å². The van der Waals surface area contributed by atoms with Gasteiger partial charge < -0.3 is 0 Å². The third kappa shape index (κ3) is 1.63. The Kier molecular flexibility index (Phi) is 2.55. The molecule has 1 nitrogen and oxygen atoms in total. The van der Waals surface area contributed by atoms with Crippen LogP contribution in [0.3, 0.4) is 0 Å². The molecule has 53 valence electrons. The Morgan fingerprint density at radius 3 is 2.50 bits per heavy atom. The fourth-order valence-corrected chi connectivity index (χ4v) is 1.10. The third-order valence-corrected chi connectivity index (χ3v) is 1.76. The van der Waals surface area contributed by atoms with E-state index in [0.717, 1.165) is 0 Å². The average Bonchev–Trinajstić information content (AvgIpc) is 1.88. The van der Waals surface area contributed by atoms with Crippen molar-refractivity contribution < 1.29 is 5.11 Å². The monoisotopic (exact) mass is 175 g/mol. The van der Waals surface area contributed by atoms with Crippen molar-refractivity contribution >= 4 is 23.2 Å². The number of hydrogen-bond acceptors (Lipinski definition) is 0. The van der Waals surface area contributed by atoms with Gasteiger partial charge in [-0.3, -0.25) is 0 Å². The van der Waals surface area contributed by atoms with Crippen LogP contribution in [-0.4, -0.2) is 0 Å². The highest BCUT2D eigenvalue weighted by Gasteiger charge is 1.98. The maximum Gasteiger partial charge on any atom is 0.109 e. The summed E-state index contributed by atoms with van der Waals surface area (Å²) < 4.78 is 0. The Bertz CT molecular complexity index is 235. The van der Waals surface area contributed by atoms with Crippen LogP contribution in [0.1, 0.15) is 5.56 Å². The van der Waals surface area contributed by atoms with Crippen LogP contribution >= 0.6 is 23.2 Å². The first-order chi connectivity index (χ1) is 4.74. The second-order valence-electron chi connectivity index (χ2n) is 1.88. The SMILES string of the molecule is [O]Cc1ccc(Cl)cc1Cl. The van der Waals surface area contributed by atoms with E-state index >= 15 is 0 Å². The molecule has 0 aliphatic carbocycles. The van der Waals surface area contributed by atoms with Crippen molar-refractivity contribution in [3.05, 3.63) is 33.8 Å². The van der Waals surface area contributed by atoms with Crippen LogP contribution in [0.4, 0.5) is 0 Å². The van der Waals surface area contributed by atoms with Crippen molar-refractivity contribution in [1.29, 1.82) is 0 Å². The summed E-state index contributed by atoms with van der Waals surface area (Å²) in [6.45, 7) is -0.296. The third-order valence-electron chi connectivity index (χ3n) is 1.17. The van der Waals surface area contributed by atoms with Gasteiger partial charge in [0.05, 0.1) is 0 Å². The first-order valence-corrected chi connectivity index (χ1v) is 3.51. The molecule has 0 aromatic heterocycles. The van der Waals surface area contributed by atoms with E-state index in [0.29, 0.717) is 15.6 Å². The van der Waals surface area contributed by atoms with Gasteiger partial charge in [-0.25, -0.2) is 5.11 Å². The van der Waals surface area contributed by atoms with E-state index < -0.39 is 0 Å². The van der Waals surface area contributed by atoms with Gasteiger partial charge in [0.2, 0.25) is 0 Å².